The van der Waals surface area contributed by atoms with E-state index in [0.29, 0.717) is 41.4 Å². The van der Waals surface area contributed by atoms with Crippen LogP contribution in [0.5, 0.6) is 11.5 Å². The van der Waals surface area contributed by atoms with Gasteiger partial charge in [0.15, 0.2) is 0 Å². The lowest BCUT2D eigenvalue weighted by atomic mass is 10.1. The maximum absolute atomic E-state index is 12.9. The molecule has 0 saturated carbocycles. The fraction of sp³-hybridized carbons (Fsp3) is 0.350. The molecule has 0 atom stereocenters. The molecule has 2 aromatic carbocycles. The van der Waals surface area contributed by atoms with Crippen LogP contribution in [0.2, 0.25) is 0 Å². The van der Waals surface area contributed by atoms with Crippen LogP contribution in [0, 0.1) is 6.92 Å². The molecular formula is C20H24N2O5S. The van der Waals surface area contributed by atoms with Crippen molar-refractivity contribution in [2.24, 2.45) is 0 Å². The Morgan fingerprint density at radius 3 is 2.39 bits per heavy atom. The summed E-state index contributed by atoms with van der Waals surface area (Å²) in [5, 5.41) is 2.79. The molecule has 1 aliphatic rings. The van der Waals surface area contributed by atoms with Crippen molar-refractivity contribution >= 4 is 21.6 Å². The Morgan fingerprint density at radius 1 is 1.04 bits per heavy atom. The normalized spacial score (nSPS) is 14.7. The number of aryl methyl sites for hydroxylation is 1. The Labute approximate surface area is 165 Å². The Hall–Kier alpha value is -2.58. The van der Waals surface area contributed by atoms with Crippen molar-refractivity contribution in [3.05, 3.63) is 47.5 Å². The van der Waals surface area contributed by atoms with Gasteiger partial charge in [-0.2, -0.15) is 4.31 Å². The van der Waals surface area contributed by atoms with Crippen LogP contribution in [0.15, 0.2) is 41.3 Å². The third kappa shape index (κ3) is 3.98. The molecule has 1 amide bonds. The van der Waals surface area contributed by atoms with Crippen LogP contribution in [-0.4, -0.2) is 45.9 Å². The maximum atomic E-state index is 12.9. The van der Waals surface area contributed by atoms with E-state index in [9.17, 15) is 13.2 Å². The highest BCUT2D eigenvalue weighted by molar-refractivity contribution is 7.89. The van der Waals surface area contributed by atoms with Crippen molar-refractivity contribution in [2.75, 3.05) is 32.6 Å². The first-order chi connectivity index (χ1) is 13.4. The highest BCUT2D eigenvalue weighted by Crippen LogP contribution is 2.30. The Morgan fingerprint density at radius 2 is 1.75 bits per heavy atom. The molecule has 3 rings (SSSR count). The number of ether oxygens (including phenoxy) is 2. The molecule has 1 aliphatic heterocycles. The third-order valence-corrected chi connectivity index (χ3v) is 6.71. The Bertz CT molecular complexity index is 982. The molecule has 0 spiro atoms. The van der Waals surface area contributed by atoms with Crippen molar-refractivity contribution < 1.29 is 22.7 Å². The Balaban J connectivity index is 1.92. The average Bonchev–Trinajstić information content (AvgIpc) is 3.23. The number of nitrogens with zero attached hydrogens (tertiary/aromatic N) is 1. The van der Waals surface area contributed by atoms with Gasteiger partial charge in [-0.05, 0) is 49.6 Å². The molecule has 28 heavy (non-hydrogen) atoms. The van der Waals surface area contributed by atoms with E-state index >= 15 is 0 Å². The zero-order valence-electron chi connectivity index (χ0n) is 16.2. The molecule has 7 nitrogen and oxygen atoms in total. The summed E-state index contributed by atoms with van der Waals surface area (Å²) in [6.45, 7) is 2.79. The van der Waals surface area contributed by atoms with Crippen molar-refractivity contribution in [1.82, 2.24) is 4.31 Å². The van der Waals surface area contributed by atoms with Gasteiger partial charge in [-0.15, -0.1) is 0 Å². The minimum absolute atomic E-state index is 0.128. The fourth-order valence-corrected chi connectivity index (χ4v) is 4.73. The van der Waals surface area contributed by atoms with Crippen LogP contribution in [0.4, 0.5) is 5.69 Å². The summed E-state index contributed by atoms with van der Waals surface area (Å²) in [6.07, 6.45) is 1.71. The summed E-state index contributed by atoms with van der Waals surface area (Å²) >= 11 is 0. The first-order valence-electron chi connectivity index (χ1n) is 9.01. The quantitative estimate of drug-likeness (QED) is 0.800. The number of benzene rings is 2. The molecule has 2 aromatic rings. The standard InChI is InChI=1S/C20H24N2O5S/c1-14-6-8-16(28(24,25)22-10-4-5-11-22)13-17(14)20(23)21-18-12-15(26-2)7-9-19(18)27-3/h6-9,12-13H,4-5,10-11H2,1-3H3,(H,21,23). The lowest BCUT2D eigenvalue weighted by molar-refractivity contribution is 0.102. The predicted octanol–water partition coefficient (Wildman–Crippen LogP) is 3.05. The van der Waals surface area contributed by atoms with Gasteiger partial charge >= 0.3 is 0 Å². The summed E-state index contributed by atoms with van der Waals surface area (Å²) in [5.74, 6) is 0.633. The summed E-state index contributed by atoms with van der Waals surface area (Å²) in [6, 6.07) is 9.70. The van der Waals surface area contributed by atoms with Crippen molar-refractivity contribution in [3.8, 4) is 11.5 Å². The van der Waals surface area contributed by atoms with E-state index in [1.54, 1.807) is 37.3 Å². The van der Waals surface area contributed by atoms with E-state index in [4.69, 9.17) is 9.47 Å². The van der Waals surface area contributed by atoms with Crippen molar-refractivity contribution in [1.29, 1.82) is 0 Å². The van der Waals surface area contributed by atoms with Crippen LogP contribution in [0.1, 0.15) is 28.8 Å². The number of hydrogen-bond acceptors (Lipinski definition) is 5. The summed E-state index contributed by atoms with van der Waals surface area (Å²) in [4.78, 5) is 13.0. The monoisotopic (exact) mass is 404 g/mol. The molecule has 0 aliphatic carbocycles. The first kappa shape index (κ1) is 20.2. The van der Waals surface area contributed by atoms with Gasteiger partial charge in [0.1, 0.15) is 11.5 Å². The molecule has 150 valence electrons. The number of hydrogen-bond donors (Lipinski definition) is 1. The van der Waals surface area contributed by atoms with E-state index in [1.807, 2.05) is 0 Å². The number of carbonyl (C=O) groups excluding carboxylic acids is 1. The molecule has 0 radical (unpaired) electrons. The molecule has 8 heteroatoms. The molecular weight excluding hydrogens is 380 g/mol. The van der Waals surface area contributed by atoms with E-state index in [1.165, 1.54) is 24.6 Å². The molecule has 1 saturated heterocycles. The van der Waals surface area contributed by atoms with Crippen LogP contribution in [-0.2, 0) is 10.0 Å². The predicted molar refractivity (Wildman–Crippen MR) is 107 cm³/mol. The van der Waals surface area contributed by atoms with Crippen molar-refractivity contribution in [2.45, 2.75) is 24.7 Å². The van der Waals surface area contributed by atoms with Gasteiger partial charge in [0.2, 0.25) is 10.0 Å². The summed E-state index contributed by atoms with van der Waals surface area (Å²) in [7, 11) is -0.561. The van der Waals surface area contributed by atoms with Gasteiger partial charge in [-0.3, -0.25) is 4.79 Å². The largest absolute Gasteiger partial charge is 0.497 e. The fourth-order valence-electron chi connectivity index (χ4n) is 3.19. The van der Waals surface area contributed by atoms with E-state index in [-0.39, 0.29) is 4.90 Å². The number of amides is 1. The number of anilines is 1. The topological polar surface area (TPSA) is 84.9 Å². The first-order valence-corrected chi connectivity index (χ1v) is 10.4. The Kier molecular flexibility index (Phi) is 5.90. The third-order valence-electron chi connectivity index (χ3n) is 4.81. The van der Waals surface area contributed by atoms with Crippen LogP contribution >= 0.6 is 0 Å². The van der Waals surface area contributed by atoms with Gasteiger partial charge in [0, 0.05) is 24.7 Å². The van der Waals surface area contributed by atoms with Gasteiger partial charge in [0.05, 0.1) is 24.8 Å². The maximum Gasteiger partial charge on any atom is 0.256 e. The smallest absolute Gasteiger partial charge is 0.256 e. The summed E-state index contributed by atoms with van der Waals surface area (Å²) in [5.41, 5.74) is 1.42. The lowest BCUT2D eigenvalue weighted by Crippen LogP contribution is -2.28. The zero-order valence-corrected chi connectivity index (χ0v) is 17.0. The van der Waals surface area contributed by atoms with Gasteiger partial charge in [-0.1, -0.05) is 6.07 Å². The van der Waals surface area contributed by atoms with Crippen LogP contribution < -0.4 is 14.8 Å². The zero-order chi connectivity index (χ0) is 20.3. The van der Waals surface area contributed by atoms with Crippen LogP contribution in [0.25, 0.3) is 0 Å². The number of rotatable bonds is 6. The molecule has 1 heterocycles. The molecule has 0 aromatic heterocycles. The SMILES string of the molecule is COc1ccc(OC)c(NC(=O)c2cc(S(=O)(=O)N3CCCC3)ccc2C)c1. The van der Waals surface area contributed by atoms with Gasteiger partial charge in [-0.25, -0.2) is 8.42 Å². The average molecular weight is 404 g/mol. The molecule has 0 unspecified atom stereocenters. The molecule has 1 N–H and O–H groups in total. The van der Waals surface area contributed by atoms with Crippen molar-refractivity contribution in [3.63, 3.8) is 0 Å². The second-order valence-corrected chi connectivity index (χ2v) is 8.55. The lowest BCUT2D eigenvalue weighted by Gasteiger charge is -2.17. The van der Waals surface area contributed by atoms with Gasteiger partial charge in [0.25, 0.3) is 5.91 Å². The van der Waals surface area contributed by atoms with Crippen LogP contribution in [0.3, 0.4) is 0 Å². The number of sulfonamides is 1. The molecule has 0 bridgehead atoms. The van der Waals surface area contributed by atoms with E-state index < -0.39 is 15.9 Å². The number of methoxy groups -OCH3 is 2. The highest BCUT2D eigenvalue weighted by Gasteiger charge is 2.28. The highest BCUT2D eigenvalue weighted by atomic mass is 32.2. The second-order valence-electron chi connectivity index (χ2n) is 6.61. The van der Waals surface area contributed by atoms with E-state index in [0.717, 1.165) is 12.8 Å². The van der Waals surface area contributed by atoms with Gasteiger partial charge < -0.3 is 14.8 Å². The second kappa shape index (κ2) is 8.20. The minimum Gasteiger partial charge on any atom is -0.497 e. The minimum atomic E-state index is -3.60. The van der Waals surface area contributed by atoms with E-state index in [2.05, 4.69) is 5.32 Å². The number of carbonyl (C=O) groups is 1. The molecule has 1 fully saturated rings. The summed E-state index contributed by atoms with van der Waals surface area (Å²) < 4.78 is 37.6. The number of nitrogens with one attached hydrogen (secondary N) is 1.